The van der Waals surface area contributed by atoms with Crippen molar-refractivity contribution in [2.75, 3.05) is 7.11 Å². The number of β-lactam (4-membered cyclic amide) rings is 1. The number of hydrogen-bond acceptors (Lipinski definition) is 5. The second-order valence-electron chi connectivity index (χ2n) is 5.21. The van der Waals surface area contributed by atoms with E-state index in [-0.39, 0.29) is 22.2 Å². The molecule has 22 heavy (non-hydrogen) atoms. The second kappa shape index (κ2) is 5.66. The highest BCUT2D eigenvalue weighted by molar-refractivity contribution is 8.00. The van der Waals surface area contributed by atoms with Gasteiger partial charge in [-0.1, -0.05) is 12.1 Å². The molecule has 3 rings (SSSR count). The van der Waals surface area contributed by atoms with Crippen LogP contribution in [-0.4, -0.2) is 45.7 Å². The quantitative estimate of drug-likeness (QED) is 0.798. The van der Waals surface area contributed by atoms with Crippen molar-refractivity contribution in [1.82, 2.24) is 4.90 Å². The van der Waals surface area contributed by atoms with E-state index in [9.17, 15) is 14.7 Å². The molecule has 3 atom stereocenters. The van der Waals surface area contributed by atoms with Crippen LogP contribution in [0, 0.1) is 0 Å². The molecule has 1 fully saturated rings. The molecule has 7 heteroatoms. The molecule has 2 aliphatic heterocycles. The van der Waals surface area contributed by atoms with Gasteiger partial charge < -0.3 is 15.6 Å². The van der Waals surface area contributed by atoms with E-state index in [0.717, 1.165) is 11.3 Å². The van der Waals surface area contributed by atoms with Crippen molar-refractivity contribution in [1.29, 1.82) is 0 Å². The van der Waals surface area contributed by atoms with E-state index < -0.39 is 12.0 Å². The van der Waals surface area contributed by atoms with Gasteiger partial charge in [0.1, 0.15) is 22.9 Å². The van der Waals surface area contributed by atoms with Crippen LogP contribution in [0.5, 0.6) is 5.75 Å². The molecule has 3 N–H and O–H groups in total. The normalized spacial score (nSPS) is 26.8. The Morgan fingerprint density at radius 3 is 2.68 bits per heavy atom. The van der Waals surface area contributed by atoms with Gasteiger partial charge >= 0.3 is 5.97 Å². The summed E-state index contributed by atoms with van der Waals surface area (Å²) in [6, 6.07) is 7.02. The lowest BCUT2D eigenvalue weighted by Crippen LogP contribution is -2.68. The summed E-state index contributed by atoms with van der Waals surface area (Å²) in [7, 11) is 1.61. The van der Waals surface area contributed by atoms with Crippen LogP contribution in [0.4, 0.5) is 0 Å². The van der Waals surface area contributed by atoms with Gasteiger partial charge in [0.2, 0.25) is 5.91 Å². The average molecular weight is 320 g/mol. The molecule has 1 saturated heterocycles. The first-order chi connectivity index (χ1) is 10.5. The van der Waals surface area contributed by atoms with Gasteiger partial charge in [0, 0.05) is 5.25 Å². The van der Waals surface area contributed by atoms with E-state index in [4.69, 9.17) is 10.5 Å². The van der Waals surface area contributed by atoms with Crippen LogP contribution < -0.4 is 10.5 Å². The standard InChI is InChI=1S/C15H16N2O4S/c1-21-9-4-2-8(3-5-9)6-10-7-11(15(19)20)17-13(18)12(16)14(17)22-10/h2-5,7,10,12,14H,6,16H2,1H3,(H,19,20)/t10?,12?,14-/m1/s1. The molecule has 6 nitrogen and oxygen atoms in total. The van der Waals surface area contributed by atoms with Gasteiger partial charge in [0.15, 0.2) is 0 Å². The van der Waals surface area contributed by atoms with Crippen molar-refractivity contribution >= 4 is 23.6 Å². The minimum Gasteiger partial charge on any atom is -0.497 e. The fraction of sp³-hybridized carbons (Fsp3) is 0.333. The van der Waals surface area contributed by atoms with Crippen molar-refractivity contribution < 1.29 is 19.4 Å². The molecule has 0 radical (unpaired) electrons. The topological polar surface area (TPSA) is 92.9 Å². The monoisotopic (exact) mass is 320 g/mol. The van der Waals surface area contributed by atoms with E-state index in [1.54, 1.807) is 13.2 Å². The maximum Gasteiger partial charge on any atom is 0.352 e. The lowest BCUT2D eigenvalue weighted by atomic mass is 10.0. The van der Waals surface area contributed by atoms with E-state index in [2.05, 4.69) is 0 Å². The van der Waals surface area contributed by atoms with Crippen molar-refractivity contribution in [2.45, 2.75) is 23.1 Å². The van der Waals surface area contributed by atoms with Gasteiger partial charge in [-0.25, -0.2) is 4.79 Å². The molecule has 0 saturated carbocycles. The van der Waals surface area contributed by atoms with Crippen molar-refractivity contribution in [2.24, 2.45) is 5.73 Å². The highest BCUT2D eigenvalue weighted by Gasteiger charge is 2.51. The summed E-state index contributed by atoms with van der Waals surface area (Å²) in [5, 5.41) is 8.97. The first kappa shape index (κ1) is 14.9. The van der Waals surface area contributed by atoms with Crippen LogP contribution in [0.15, 0.2) is 36.0 Å². The molecular weight excluding hydrogens is 304 g/mol. The molecule has 2 aliphatic rings. The number of ether oxygens (including phenoxy) is 1. The molecule has 0 spiro atoms. The van der Waals surface area contributed by atoms with Crippen molar-refractivity contribution in [3.05, 3.63) is 41.6 Å². The highest BCUT2D eigenvalue weighted by Crippen LogP contribution is 2.41. The van der Waals surface area contributed by atoms with Gasteiger partial charge in [0.25, 0.3) is 0 Å². The number of carbonyl (C=O) groups excluding carboxylic acids is 1. The maximum atomic E-state index is 11.7. The number of carbonyl (C=O) groups is 2. The Balaban J connectivity index is 1.80. The van der Waals surface area contributed by atoms with Crippen LogP contribution in [-0.2, 0) is 16.0 Å². The number of amides is 1. The van der Waals surface area contributed by atoms with Crippen LogP contribution in [0.25, 0.3) is 0 Å². The third kappa shape index (κ3) is 2.46. The zero-order valence-corrected chi connectivity index (χ0v) is 12.7. The molecule has 0 aromatic heterocycles. The van der Waals surface area contributed by atoms with Crippen LogP contribution in [0.2, 0.25) is 0 Å². The van der Waals surface area contributed by atoms with E-state index in [0.29, 0.717) is 6.42 Å². The van der Waals surface area contributed by atoms with E-state index >= 15 is 0 Å². The van der Waals surface area contributed by atoms with E-state index in [1.165, 1.54) is 16.7 Å². The predicted molar refractivity (Wildman–Crippen MR) is 82.4 cm³/mol. The van der Waals surface area contributed by atoms with Crippen molar-refractivity contribution in [3.8, 4) is 5.75 Å². The lowest BCUT2D eigenvalue weighted by Gasteiger charge is -2.48. The summed E-state index contributed by atoms with van der Waals surface area (Å²) in [4.78, 5) is 24.3. The third-order valence-electron chi connectivity index (χ3n) is 3.82. The summed E-state index contributed by atoms with van der Waals surface area (Å²) >= 11 is 1.53. The van der Waals surface area contributed by atoms with Crippen LogP contribution >= 0.6 is 11.8 Å². The van der Waals surface area contributed by atoms with E-state index in [1.807, 2.05) is 24.3 Å². The predicted octanol–water partition coefficient (Wildman–Crippen LogP) is 0.817. The fourth-order valence-electron chi connectivity index (χ4n) is 2.64. The Kier molecular flexibility index (Phi) is 3.84. The fourth-order valence-corrected chi connectivity index (χ4v) is 4.12. The van der Waals surface area contributed by atoms with Crippen molar-refractivity contribution in [3.63, 3.8) is 0 Å². The number of benzene rings is 1. The van der Waals surface area contributed by atoms with Gasteiger partial charge in [-0.15, -0.1) is 11.8 Å². The third-order valence-corrected chi connectivity index (χ3v) is 5.25. The minimum atomic E-state index is -1.09. The number of fused-ring (bicyclic) bond motifs is 1. The zero-order valence-electron chi connectivity index (χ0n) is 11.9. The molecule has 1 aromatic carbocycles. The summed E-state index contributed by atoms with van der Waals surface area (Å²) in [5.41, 5.74) is 6.90. The first-order valence-electron chi connectivity index (χ1n) is 6.83. The largest absolute Gasteiger partial charge is 0.497 e. The zero-order chi connectivity index (χ0) is 15.9. The number of nitrogens with two attached hydrogens (primary N) is 1. The number of rotatable bonds is 4. The number of nitrogens with zero attached hydrogens (tertiary/aromatic N) is 1. The number of carboxylic acids is 1. The highest BCUT2D eigenvalue weighted by atomic mass is 32.2. The maximum absolute atomic E-state index is 11.7. The molecule has 0 aliphatic carbocycles. The Hall–Kier alpha value is -1.99. The molecule has 1 aromatic rings. The summed E-state index contributed by atoms with van der Waals surface area (Å²) in [6.07, 6.45) is 2.31. The van der Waals surface area contributed by atoms with Crippen LogP contribution in [0.3, 0.4) is 0 Å². The molecule has 116 valence electrons. The Morgan fingerprint density at radius 2 is 2.09 bits per heavy atom. The Morgan fingerprint density at radius 1 is 1.41 bits per heavy atom. The molecule has 1 amide bonds. The number of aliphatic carboxylic acids is 1. The number of thioether (sulfide) groups is 1. The van der Waals surface area contributed by atoms with Gasteiger partial charge in [-0.2, -0.15) is 0 Å². The molecule has 2 unspecified atom stereocenters. The summed E-state index contributed by atoms with van der Waals surface area (Å²) in [5.74, 6) is -0.640. The number of carboxylic acid groups (broad SMARTS) is 1. The summed E-state index contributed by atoms with van der Waals surface area (Å²) in [6.45, 7) is 0. The molecular formula is C15H16N2O4S. The Labute approximate surface area is 131 Å². The van der Waals surface area contributed by atoms with Gasteiger partial charge in [-0.05, 0) is 30.2 Å². The lowest BCUT2D eigenvalue weighted by molar-refractivity contribution is -0.147. The first-order valence-corrected chi connectivity index (χ1v) is 7.77. The summed E-state index contributed by atoms with van der Waals surface area (Å²) < 4.78 is 5.12. The second-order valence-corrected chi connectivity index (χ2v) is 6.57. The van der Waals surface area contributed by atoms with Crippen LogP contribution in [0.1, 0.15) is 5.56 Å². The Bertz CT molecular complexity index is 643. The SMILES string of the molecule is COc1ccc(CC2C=C(C(=O)O)N3C(=O)C(N)[C@H]3S2)cc1. The van der Waals surface area contributed by atoms with Gasteiger partial charge in [0.05, 0.1) is 7.11 Å². The average Bonchev–Trinajstić information content (AvgIpc) is 2.54. The minimum absolute atomic E-state index is 0.0279. The molecule has 0 bridgehead atoms. The smallest absolute Gasteiger partial charge is 0.352 e. The van der Waals surface area contributed by atoms with Gasteiger partial charge in [-0.3, -0.25) is 9.69 Å². The number of hydrogen-bond donors (Lipinski definition) is 2. The molecule has 2 heterocycles. The number of methoxy groups -OCH3 is 1.